The van der Waals surface area contributed by atoms with Crippen LogP contribution >= 0.6 is 0 Å². The zero-order valence-electron chi connectivity index (χ0n) is 22.4. The number of aliphatic hydroxyl groups is 2. The summed E-state index contributed by atoms with van der Waals surface area (Å²) in [6, 6.07) is 7.45. The van der Waals surface area contributed by atoms with Gasteiger partial charge in [-0.15, -0.1) is 0 Å². The first-order chi connectivity index (χ1) is 18.6. The van der Waals surface area contributed by atoms with Crippen LogP contribution < -0.4 is 9.80 Å². The SMILES string of the molecule is Cc1cc(F)ccc1-c1cc(N2CC(O)CC2CO)ncc1N(C)C(=O)C(C)(C)c1cc(F)cc(C(F)(F)F)c1. The monoisotopic (exact) mass is 563 g/mol. The average Bonchev–Trinajstić information content (AvgIpc) is 3.27. The molecule has 1 aliphatic rings. The molecule has 2 heterocycles. The second-order valence-electron chi connectivity index (χ2n) is 10.6. The maximum absolute atomic E-state index is 14.2. The number of anilines is 2. The highest BCUT2D eigenvalue weighted by molar-refractivity contribution is 6.03. The number of benzene rings is 2. The van der Waals surface area contributed by atoms with Crippen molar-refractivity contribution in [3.05, 3.63) is 77.0 Å². The quantitative estimate of drug-likeness (QED) is 0.402. The van der Waals surface area contributed by atoms with Gasteiger partial charge in [0.1, 0.15) is 17.5 Å². The van der Waals surface area contributed by atoms with Crippen LogP contribution in [0.2, 0.25) is 0 Å². The summed E-state index contributed by atoms with van der Waals surface area (Å²) in [6.45, 7) is 4.51. The summed E-state index contributed by atoms with van der Waals surface area (Å²) >= 11 is 0. The van der Waals surface area contributed by atoms with Gasteiger partial charge in [-0.25, -0.2) is 13.8 Å². The molecule has 6 nitrogen and oxygen atoms in total. The van der Waals surface area contributed by atoms with E-state index in [0.717, 1.165) is 12.1 Å². The number of aliphatic hydroxyl groups excluding tert-OH is 2. The van der Waals surface area contributed by atoms with E-state index in [1.54, 1.807) is 24.0 Å². The molecular formula is C29H30F5N3O3. The Labute approximate surface area is 228 Å². The van der Waals surface area contributed by atoms with Crippen molar-refractivity contribution in [3.63, 3.8) is 0 Å². The van der Waals surface area contributed by atoms with Gasteiger partial charge in [-0.1, -0.05) is 6.07 Å². The number of hydrogen-bond donors (Lipinski definition) is 2. The predicted octanol–water partition coefficient (Wildman–Crippen LogP) is 5.23. The number of β-amino-alcohol motifs (C(OH)–C–C–N with tert-alkyl or cyclic N) is 1. The summed E-state index contributed by atoms with van der Waals surface area (Å²) in [5, 5.41) is 20.0. The summed E-state index contributed by atoms with van der Waals surface area (Å²) in [5.74, 6) is -1.80. The molecule has 1 aliphatic heterocycles. The van der Waals surface area contributed by atoms with Crippen molar-refractivity contribution in [1.82, 2.24) is 4.98 Å². The molecule has 40 heavy (non-hydrogen) atoms. The van der Waals surface area contributed by atoms with Gasteiger partial charge in [0.05, 0.1) is 41.6 Å². The molecule has 1 saturated heterocycles. The Morgan fingerprint density at radius 2 is 1.73 bits per heavy atom. The number of aromatic nitrogens is 1. The number of rotatable bonds is 6. The summed E-state index contributed by atoms with van der Waals surface area (Å²) in [5.41, 5.74) is -1.05. The molecule has 214 valence electrons. The Balaban J connectivity index is 1.81. The largest absolute Gasteiger partial charge is 0.416 e. The Kier molecular flexibility index (Phi) is 7.92. The summed E-state index contributed by atoms with van der Waals surface area (Å²) in [4.78, 5) is 21.2. The summed E-state index contributed by atoms with van der Waals surface area (Å²) in [6.07, 6.45) is -3.73. The van der Waals surface area contributed by atoms with Crippen molar-refractivity contribution in [3.8, 4) is 11.1 Å². The van der Waals surface area contributed by atoms with E-state index in [-0.39, 0.29) is 30.4 Å². The van der Waals surface area contributed by atoms with Gasteiger partial charge in [0.15, 0.2) is 0 Å². The molecule has 2 unspecified atom stereocenters. The normalized spacial score (nSPS) is 17.8. The molecular weight excluding hydrogens is 533 g/mol. The van der Waals surface area contributed by atoms with Crippen molar-refractivity contribution in [2.75, 3.05) is 30.0 Å². The second-order valence-corrected chi connectivity index (χ2v) is 10.6. The number of carbonyl (C=O) groups is 1. The third kappa shape index (κ3) is 5.66. The molecule has 0 aliphatic carbocycles. The fraction of sp³-hybridized carbons (Fsp3) is 0.379. The summed E-state index contributed by atoms with van der Waals surface area (Å²) < 4.78 is 68.3. The van der Waals surface area contributed by atoms with Gasteiger partial charge >= 0.3 is 6.18 Å². The molecule has 11 heteroatoms. The van der Waals surface area contributed by atoms with Crippen LogP contribution in [0.1, 0.15) is 37.0 Å². The Bertz CT molecular complexity index is 1430. The highest BCUT2D eigenvalue weighted by atomic mass is 19.4. The first kappa shape index (κ1) is 29.4. The third-order valence-electron chi connectivity index (χ3n) is 7.39. The molecule has 3 aromatic rings. The lowest BCUT2D eigenvalue weighted by Gasteiger charge is -2.32. The number of hydrogen-bond acceptors (Lipinski definition) is 5. The first-order valence-electron chi connectivity index (χ1n) is 12.6. The number of likely N-dealkylation sites (N-methyl/N-ethyl adjacent to an activating group) is 1. The van der Waals surface area contributed by atoms with E-state index in [0.29, 0.717) is 35.0 Å². The Morgan fingerprint density at radius 3 is 2.35 bits per heavy atom. The molecule has 2 N–H and O–H groups in total. The fourth-order valence-corrected chi connectivity index (χ4v) is 5.12. The molecule has 1 amide bonds. The van der Waals surface area contributed by atoms with Gasteiger partial charge in [0, 0.05) is 19.2 Å². The number of nitrogens with zero attached hydrogens (tertiary/aromatic N) is 3. The molecule has 1 fully saturated rings. The number of pyridine rings is 1. The molecule has 0 saturated carbocycles. The van der Waals surface area contributed by atoms with Crippen molar-refractivity contribution in [2.45, 2.75) is 50.9 Å². The van der Waals surface area contributed by atoms with Gasteiger partial charge in [0.2, 0.25) is 5.91 Å². The lowest BCUT2D eigenvalue weighted by Crippen LogP contribution is -2.42. The van der Waals surface area contributed by atoms with E-state index in [9.17, 15) is 37.0 Å². The number of halogens is 5. The highest BCUT2D eigenvalue weighted by Gasteiger charge is 2.38. The molecule has 1 aromatic heterocycles. The van der Waals surface area contributed by atoms with Crippen LogP contribution in [0.3, 0.4) is 0 Å². The third-order valence-corrected chi connectivity index (χ3v) is 7.39. The van der Waals surface area contributed by atoms with Crippen LogP contribution in [0, 0.1) is 18.6 Å². The minimum atomic E-state index is -4.80. The van der Waals surface area contributed by atoms with E-state index in [4.69, 9.17) is 0 Å². The van der Waals surface area contributed by atoms with E-state index < -0.39 is 40.8 Å². The molecule has 2 aromatic carbocycles. The van der Waals surface area contributed by atoms with E-state index in [2.05, 4.69) is 4.98 Å². The van der Waals surface area contributed by atoms with Crippen LogP contribution in [-0.2, 0) is 16.4 Å². The standard InChI is InChI=1S/C29H30F5N3O3/c1-16-7-19(30)5-6-23(16)24-12-26(37-14-22(39)11-21(37)15-38)35-13-25(24)36(4)27(40)28(2,3)17-8-18(29(32,33)34)10-20(31)9-17/h5-10,12-13,21-22,38-39H,11,14-15H2,1-4H3. The Morgan fingerprint density at radius 1 is 1.05 bits per heavy atom. The molecule has 2 atom stereocenters. The fourth-order valence-electron chi connectivity index (χ4n) is 5.12. The van der Waals surface area contributed by atoms with Crippen LogP contribution in [0.15, 0.2) is 48.7 Å². The molecule has 0 bridgehead atoms. The lowest BCUT2D eigenvalue weighted by molar-refractivity contribution is -0.138. The number of alkyl halides is 3. The zero-order chi connectivity index (χ0) is 29.6. The number of aryl methyl sites for hydroxylation is 1. The smallest absolute Gasteiger partial charge is 0.394 e. The highest BCUT2D eigenvalue weighted by Crippen LogP contribution is 2.39. The van der Waals surface area contributed by atoms with Gasteiger partial charge < -0.3 is 20.0 Å². The maximum atomic E-state index is 14.2. The minimum absolute atomic E-state index is 0.155. The van der Waals surface area contributed by atoms with Crippen LogP contribution in [0.25, 0.3) is 11.1 Å². The lowest BCUT2D eigenvalue weighted by atomic mass is 9.82. The van der Waals surface area contributed by atoms with E-state index >= 15 is 0 Å². The summed E-state index contributed by atoms with van der Waals surface area (Å²) in [7, 11) is 1.43. The Hall–Kier alpha value is -3.57. The van der Waals surface area contributed by atoms with Crippen LogP contribution in [0.5, 0.6) is 0 Å². The van der Waals surface area contributed by atoms with Gasteiger partial charge in [-0.2, -0.15) is 13.2 Å². The maximum Gasteiger partial charge on any atom is 0.416 e. The molecule has 0 spiro atoms. The second kappa shape index (κ2) is 10.8. The minimum Gasteiger partial charge on any atom is -0.394 e. The van der Waals surface area contributed by atoms with Crippen molar-refractivity contribution in [1.29, 1.82) is 0 Å². The zero-order valence-corrected chi connectivity index (χ0v) is 22.4. The first-order valence-corrected chi connectivity index (χ1v) is 12.6. The average molecular weight is 564 g/mol. The van der Waals surface area contributed by atoms with Crippen LogP contribution in [-0.4, -0.2) is 53.4 Å². The van der Waals surface area contributed by atoms with Crippen LogP contribution in [0.4, 0.5) is 33.5 Å². The van der Waals surface area contributed by atoms with Gasteiger partial charge in [-0.3, -0.25) is 4.79 Å². The molecule has 0 radical (unpaired) electrons. The van der Waals surface area contributed by atoms with Crippen molar-refractivity contribution >= 4 is 17.4 Å². The van der Waals surface area contributed by atoms with E-state index in [1.807, 2.05) is 0 Å². The number of carbonyl (C=O) groups excluding carboxylic acids is 1. The molecule has 4 rings (SSSR count). The number of amides is 1. The van der Waals surface area contributed by atoms with E-state index in [1.165, 1.54) is 44.1 Å². The van der Waals surface area contributed by atoms with Crippen molar-refractivity contribution in [2.24, 2.45) is 0 Å². The topological polar surface area (TPSA) is 76.9 Å². The van der Waals surface area contributed by atoms with Crippen molar-refractivity contribution < 1.29 is 37.0 Å². The van der Waals surface area contributed by atoms with Gasteiger partial charge in [-0.05, 0) is 80.3 Å². The van der Waals surface area contributed by atoms with Gasteiger partial charge in [0.25, 0.3) is 0 Å². The predicted molar refractivity (Wildman–Crippen MR) is 141 cm³/mol.